The maximum atomic E-state index is 13.0. The summed E-state index contributed by atoms with van der Waals surface area (Å²) < 4.78 is 38.9. The molecule has 1 fully saturated rings. The maximum Gasteiger partial charge on any atom is 0.417 e. The van der Waals surface area contributed by atoms with E-state index in [9.17, 15) is 22.8 Å². The van der Waals surface area contributed by atoms with Gasteiger partial charge in [-0.15, -0.1) is 0 Å². The molecule has 10 heteroatoms. The molecule has 0 unspecified atom stereocenters. The molecule has 1 aromatic carbocycles. The molecule has 30 heavy (non-hydrogen) atoms. The zero-order valence-electron chi connectivity index (χ0n) is 15.9. The van der Waals surface area contributed by atoms with Gasteiger partial charge in [-0.2, -0.15) is 13.2 Å². The van der Waals surface area contributed by atoms with Crippen molar-refractivity contribution in [2.45, 2.75) is 38.1 Å². The fraction of sp³-hybridized carbons (Fsp3) is 0.350. The van der Waals surface area contributed by atoms with E-state index in [-0.39, 0.29) is 18.0 Å². The van der Waals surface area contributed by atoms with Crippen molar-refractivity contribution in [3.8, 4) is 0 Å². The molecule has 160 valence electrons. The highest BCUT2D eigenvalue weighted by Crippen LogP contribution is 2.36. The fourth-order valence-corrected chi connectivity index (χ4v) is 3.60. The van der Waals surface area contributed by atoms with Gasteiger partial charge in [0.05, 0.1) is 10.6 Å². The Balaban J connectivity index is 1.59. The number of urea groups is 1. The number of pyridine rings is 1. The number of carbonyl (C=O) groups excluding carboxylic acids is 2. The van der Waals surface area contributed by atoms with Crippen LogP contribution in [0.25, 0.3) is 0 Å². The van der Waals surface area contributed by atoms with Crippen LogP contribution < -0.4 is 10.6 Å². The smallest absolute Gasteiger partial charge is 0.350 e. The van der Waals surface area contributed by atoms with Crippen LogP contribution in [0.3, 0.4) is 0 Å². The maximum absolute atomic E-state index is 13.0. The summed E-state index contributed by atoms with van der Waals surface area (Å²) in [6, 6.07) is 5.96. The molecule has 0 aliphatic carbocycles. The van der Waals surface area contributed by atoms with Crippen LogP contribution in [0.2, 0.25) is 5.02 Å². The summed E-state index contributed by atoms with van der Waals surface area (Å²) in [5.74, 6) is -0.288. The number of rotatable bonds is 5. The molecule has 1 aliphatic rings. The number of benzene rings is 1. The summed E-state index contributed by atoms with van der Waals surface area (Å²) in [6.45, 7) is 0.494. The van der Waals surface area contributed by atoms with E-state index in [1.807, 2.05) is 6.07 Å². The van der Waals surface area contributed by atoms with E-state index in [0.717, 1.165) is 11.6 Å². The Hall–Kier alpha value is -2.81. The van der Waals surface area contributed by atoms with Gasteiger partial charge in [0.1, 0.15) is 6.04 Å². The van der Waals surface area contributed by atoms with Gasteiger partial charge in [-0.1, -0.05) is 29.8 Å². The minimum absolute atomic E-state index is 0.150. The lowest BCUT2D eigenvalue weighted by Gasteiger charge is -2.24. The summed E-state index contributed by atoms with van der Waals surface area (Å²) >= 11 is 5.86. The SMILES string of the molecule is O=C(NCc1cccnc1)[C@@H]1CCCN1C(=O)NCc1cccc(C(F)(F)F)c1Cl. The Morgan fingerprint density at radius 2 is 1.97 bits per heavy atom. The molecular formula is C20H20ClF3N4O2. The van der Waals surface area contributed by atoms with E-state index in [1.54, 1.807) is 18.5 Å². The number of alkyl halides is 3. The van der Waals surface area contributed by atoms with Crippen LogP contribution in [0.15, 0.2) is 42.7 Å². The lowest BCUT2D eigenvalue weighted by molar-refractivity contribution is -0.137. The van der Waals surface area contributed by atoms with Crippen LogP contribution in [0.5, 0.6) is 0 Å². The van der Waals surface area contributed by atoms with Crippen molar-refractivity contribution in [3.05, 3.63) is 64.4 Å². The zero-order valence-corrected chi connectivity index (χ0v) is 16.6. The highest BCUT2D eigenvalue weighted by Gasteiger charge is 2.35. The second-order valence-corrected chi connectivity index (χ2v) is 7.24. The van der Waals surface area contributed by atoms with Gasteiger partial charge >= 0.3 is 12.2 Å². The molecule has 2 N–H and O–H groups in total. The first-order chi connectivity index (χ1) is 14.3. The lowest BCUT2D eigenvalue weighted by atomic mass is 10.1. The number of hydrogen-bond donors (Lipinski definition) is 2. The number of nitrogens with zero attached hydrogens (tertiary/aromatic N) is 2. The Labute approximate surface area is 176 Å². The van der Waals surface area contributed by atoms with Crippen LogP contribution in [0.1, 0.15) is 29.5 Å². The van der Waals surface area contributed by atoms with Crippen LogP contribution in [-0.4, -0.2) is 34.4 Å². The Kier molecular flexibility index (Phi) is 6.81. The van der Waals surface area contributed by atoms with E-state index in [4.69, 9.17) is 11.6 Å². The topological polar surface area (TPSA) is 74.3 Å². The average Bonchev–Trinajstić information content (AvgIpc) is 3.21. The van der Waals surface area contributed by atoms with Gasteiger partial charge < -0.3 is 15.5 Å². The number of aromatic nitrogens is 1. The van der Waals surface area contributed by atoms with E-state index in [1.165, 1.54) is 17.0 Å². The van der Waals surface area contributed by atoms with Crippen LogP contribution >= 0.6 is 11.6 Å². The van der Waals surface area contributed by atoms with Gasteiger partial charge in [0.25, 0.3) is 0 Å². The van der Waals surface area contributed by atoms with Gasteiger partial charge in [0.15, 0.2) is 0 Å². The molecule has 1 saturated heterocycles. The molecule has 3 rings (SSSR count). The number of nitrogens with one attached hydrogen (secondary N) is 2. The minimum Gasteiger partial charge on any atom is -0.350 e. The first-order valence-electron chi connectivity index (χ1n) is 9.33. The number of amides is 3. The largest absolute Gasteiger partial charge is 0.417 e. The third-order valence-electron chi connectivity index (χ3n) is 4.82. The average molecular weight is 441 g/mol. The molecule has 2 heterocycles. The standard InChI is InChI=1S/C20H20ClF3N4O2/c21-17-14(5-1-6-15(17)20(22,23)24)12-27-19(30)28-9-3-7-16(28)18(29)26-11-13-4-2-8-25-10-13/h1-2,4-6,8,10,16H,3,7,9,11-12H2,(H,26,29)(H,27,30)/t16-/m0/s1. The van der Waals surface area contributed by atoms with Gasteiger partial charge in [-0.3, -0.25) is 9.78 Å². The Morgan fingerprint density at radius 1 is 1.17 bits per heavy atom. The van der Waals surface area contributed by atoms with E-state index < -0.39 is 28.8 Å². The Morgan fingerprint density at radius 3 is 2.67 bits per heavy atom. The van der Waals surface area contributed by atoms with Crippen LogP contribution in [0.4, 0.5) is 18.0 Å². The monoisotopic (exact) mass is 440 g/mol. The molecule has 2 aromatic rings. The molecule has 6 nitrogen and oxygen atoms in total. The van der Waals surface area contributed by atoms with Crippen molar-refractivity contribution in [3.63, 3.8) is 0 Å². The highest BCUT2D eigenvalue weighted by atomic mass is 35.5. The second-order valence-electron chi connectivity index (χ2n) is 6.87. The van der Waals surface area contributed by atoms with Crippen molar-refractivity contribution < 1.29 is 22.8 Å². The number of halogens is 4. The van der Waals surface area contributed by atoms with Crippen molar-refractivity contribution in [2.24, 2.45) is 0 Å². The summed E-state index contributed by atoms with van der Waals surface area (Å²) in [5, 5.41) is 4.90. The molecule has 3 amide bonds. The molecule has 0 saturated carbocycles. The zero-order chi connectivity index (χ0) is 21.7. The molecule has 0 spiro atoms. The molecule has 0 radical (unpaired) electrons. The lowest BCUT2D eigenvalue weighted by Crippen LogP contribution is -2.49. The van der Waals surface area contributed by atoms with Crippen molar-refractivity contribution >= 4 is 23.5 Å². The number of likely N-dealkylation sites (tertiary alicyclic amines) is 1. The summed E-state index contributed by atoms with van der Waals surface area (Å²) in [4.78, 5) is 30.4. The molecular weight excluding hydrogens is 421 g/mol. The fourth-order valence-electron chi connectivity index (χ4n) is 3.30. The quantitative estimate of drug-likeness (QED) is 0.743. The second kappa shape index (κ2) is 9.34. The predicted molar refractivity (Wildman–Crippen MR) is 105 cm³/mol. The first kappa shape index (κ1) is 21.9. The normalized spacial score (nSPS) is 16.4. The Bertz CT molecular complexity index is 909. The molecule has 1 atom stereocenters. The number of carbonyl (C=O) groups is 2. The van der Waals surface area contributed by atoms with Crippen LogP contribution in [-0.2, 0) is 24.1 Å². The van der Waals surface area contributed by atoms with Crippen molar-refractivity contribution in [1.29, 1.82) is 0 Å². The predicted octanol–water partition coefficient (Wildman–Crippen LogP) is 3.74. The summed E-state index contributed by atoms with van der Waals surface area (Å²) in [5.41, 5.74) is 0.0281. The molecule has 1 aliphatic heterocycles. The number of hydrogen-bond acceptors (Lipinski definition) is 3. The minimum atomic E-state index is -4.58. The van der Waals surface area contributed by atoms with Gasteiger partial charge in [0.2, 0.25) is 5.91 Å². The van der Waals surface area contributed by atoms with E-state index >= 15 is 0 Å². The van der Waals surface area contributed by atoms with Crippen molar-refractivity contribution in [1.82, 2.24) is 20.5 Å². The van der Waals surface area contributed by atoms with Gasteiger partial charge in [0, 0.05) is 32.0 Å². The molecule has 0 bridgehead atoms. The molecule has 1 aromatic heterocycles. The summed E-state index contributed by atoms with van der Waals surface area (Å²) in [6.07, 6.45) is -0.147. The third-order valence-corrected chi connectivity index (χ3v) is 5.27. The first-order valence-corrected chi connectivity index (χ1v) is 9.71. The van der Waals surface area contributed by atoms with E-state index in [0.29, 0.717) is 25.9 Å². The van der Waals surface area contributed by atoms with Crippen LogP contribution in [0, 0.1) is 0 Å². The van der Waals surface area contributed by atoms with Gasteiger partial charge in [-0.05, 0) is 36.1 Å². The third kappa shape index (κ3) is 5.21. The van der Waals surface area contributed by atoms with E-state index in [2.05, 4.69) is 15.6 Å². The van der Waals surface area contributed by atoms with Gasteiger partial charge in [-0.25, -0.2) is 4.79 Å². The summed E-state index contributed by atoms with van der Waals surface area (Å²) in [7, 11) is 0. The highest BCUT2D eigenvalue weighted by molar-refractivity contribution is 6.32. The van der Waals surface area contributed by atoms with Crippen molar-refractivity contribution in [2.75, 3.05) is 6.54 Å².